The molecule has 0 heterocycles. The van der Waals surface area contributed by atoms with E-state index in [-0.39, 0.29) is 17.9 Å². The number of amides is 1. The van der Waals surface area contributed by atoms with E-state index in [4.69, 9.17) is 4.74 Å². The first-order valence-corrected chi connectivity index (χ1v) is 8.22. The summed E-state index contributed by atoms with van der Waals surface area (Å²) in [7, 11) is 0. The molecule has 0 aliphatic carbocycles. The number of rotatable bonds is 7. The Labute approximate surface area is 146 Å². The molecule has 0 spiro atoms. The molecule has 2 aromatic rings. The average molecular weight is 396 g/mol. The molecule has 1 amide bonds. The zero-order valence-corrected chi connectivity index (χ0v) is 14.1. The quantitative estimate of drug-likeness (QED) is 0.706. The minimum Gasteiger partial charge on any atom is -0.492 e. The molecule has 7 heteroatoms. The maximum atomic E-state index is 13.6. The smallest absolute Gasteiger partial charge is 0.331 e. The predicted molar refractivity (Wildman–Crippen MR) is 90.0 cm³/mol. The van der Waals surface area contributed by atoms with Crippen LogP contribution in [0.1, 0.15) is 22.0 Å². The van der Waals surface area contributed by atoms with Crippen LogP contribution in [0.15, 0.2) is 48.5 Å². The summed E-state index contributed by atoms with van der Waals surface area (Å²) in [5.41, 5.74) is 0.357. The number of carbonyl (C=O) groups excluding carboxylic acids is 1. The Morgan fingerprint density at radius 1 is 1.21 bits per heavy atom. The lowest BCUT2D eigenvalue weighted by Gasteiger charge is -2.18. The molecule has 24 heavy (non-hydrogen) atoms. The maximum absolute atomic E-state index is 13.6. The zero-order chi connectivity index (χ0) is 17.5. The monoisotopic (exact) mass is 395 g/mol. The van der Waals surface area contributed by atoms with Crippen molar-refractivity contribution >= 4 is 27.8 Å². The lowest BCUT2D eigenvalue weighted by atomic mass is 10.0. The van der Waals surface area contributed by atoms with E-state index in [9.17, 15) is 19.1 Å². The highest BCUT2D eigenvalue weighted by Gasteiger charge is 2.26. The number of carboxylic acids is 1. The molecule has 1 atom stereocenters. The van der Waals surface area contributed by atoms with Crippen LogP contribution in [0.5, 0.6) is 5.75 Å². The number of hydrogen-bond acceptors (Lipinski definition) is 3. The van der Waals surface area contributed by atoms with Crippen LogP contribution in [-0.2, 0) is 4.79 Å². The second kappa shape index (κ2) is 8.44. The Bertz CT molecular complexity index is 724. The van der Waals surface area contributed by atoms with Gasteiger partial charge in [-0.05, 0) is 30.3 Å². The van der Waals surface area contributed by atoms with E-state index in [1.807, 2.05) is 0 Å². The molecule has 0 aliphatic heterocycles. The summed E-state index contributed by atoms with van der Waals surface area (Å²) in [6, 6.07) is 10.3. The van der Waals surface area contributed by atoms with E-state index in [0.29, 0.717) is 10.9 Å². The van der Waals surface area contributed by atoms with Crippen molar-refractivity contribution in [3.05, 3.63) is 65.5 Å². The fourth-order valence-corrected chi connectivity index (χ4v) is 2.26. The van der Waals surface area contributed by atoms with Gasteiger partial charge in [0, 0.05) is 16.5 Å². The largest absolute Gasteiger partial charge is 0.492 e. The number of carboxylic acid groups (broad SMARTS) is 1. The number of nitrogens with one attached hydrogen (secondary N) is 1. The van der Waals surface area contributed by atoms with Gasteiger partial charge >= 0.3 is 5.97 Å². The van der Waals surface area contributed by atoms with Crippen molar-refractivity contribution in [1.82, 2.24) is 5.32 Å². The summed E-state index contributed by atoms with van der Waals surface area (Å²) in [6.45, 7) is 0.275. The first-order valence-electron chi connectivity index (χ1n) is 7.10. The second-order valence-electron chi connectivity index (χ2n) is 4.83. The number of halogens is 2. The molecule has 2 N–H and O–H groups in total. The lowest BCUT2D eigenvalue weighted by Crippen LogP contribution is -2.34. The van der Waals surface area contributed by atoms with E-state index in [1.165, 1.54) is 12.1 Å². The molecule has 2 aromatic carbocycles. The van der Waals surface area contributed by atoms with Crippen LogP contribution in [0.4, 0.5) is 4.39 Å². The topological polar surface area (TPSA) is 75.6 Å². The molecule has 5 nitrogen and oxygen atoms in total. The van der Waals surface area contributed by atoms with Crippen molar-refractivity contribution in [2.75, 3.05) is 11.9 Å². The number of aliphatic carboxylic acids is 1. The Hall–Kier alpha value is -2.41. The summed E-state index contributed by atoms with van der Waals surface area (Å²) in [5.74, 6) is -2.29. The molecule has 2 rings (SSSR count). The molecular weight excluding hydrogens is 381 g/mol. The molecule has 0 saturated carbocycles. The van der Waals surface area contributed by atoms with Crippen molar-refractivity contribution in [3.8, 4) is 5.75 Å². The normalized spacial score (nSPS) is 11.6. The van der Waals surface area contributed by atoms with Crippen LogP contribution in [0.25, 0.3) is 0 Å². The fraction of sp³-hybridized carbons (Fsp3) is 0.176. The second-order valence-corrected chi connectivity index (χ2v) is 5.62. The van der Waals surface area contributed by atoms with Crippen LogP contribution in [-0.4, -0.2) is 28.9 Å². The number of hydrogen-bond donors (Lipinski definition) is 2. The van der Waals surface area contributed by atoms with Crippen LogP contribution in [0, 0.1) is 5.82 Å². The molecule has 0 saturated heterocycles. The first kappa shape index (κ1) is 17.9. The van der Waals surface area contributed by atoms with Gasteiger partial charge in [-0.15, -0.1) is 0 Å². The van der Waals surface area contributed by atoms with E-state index in [2.05, 4.69) is 21.2 Å². The van der Waals surface area contributed by atoms with Gasteiger partial charge in [0.15, 0.2) is 6.04 Å². The molecule has 0 radical (unpaired) electrons. The molecule has 0 fully saturated rings. The van der Waals surface area contributed by atoms with E-state index in [1.54, 1.807) is 30.3 Å². The summed E-state index contributed by atoms with van der Waals surface area (Å²) < 4.78 is 19.0. The van der Waals surface area contributed by atoms with Crippen molar-refractivity contribution in [3.63, 3.8) is 0 Å². The van der Waals surface area contributed by atoms with Crippen molar-refractivity contribution < 1.29 is 23.8 Å². The van der Waals surface area contributed by atoms with Crippen molar-refractivity contribution in [1.29, 1.82) is 0 Å². The van der Waals surface area contributed by atoms with E-state index >= 15 is 0 Å². The Kier molecular flexibility index (Phi) is 6.31. The van der Waals surface area contributed by atoms with Crippen LogP contribution in [0.3, 0.4) is 0 Å². The molecular formula is C17H15BrFNO4. The van der Waals surface area contributed by atoms with Gasteiger partial charge in [0.05, 0.1) is 6.61 Å². The Balaban J connectivity index is 2.32. The number of carbonyl (C=O) groups is 2. The standard InChI is InChI=1S/C17H15BrFNO4/c18-8-9-24-14-7-6-12(19)10-13(14)15(17(22)23)20-16(21)11-4-2-1-3-5-11/h1-7,10,15H,8-9H2,(H,20,21)(H,22,23). The van der Waals surface area contributed by atoms with E-state index < -0.39 is 23.7 Å². The van der Waals surface area contributed by atoms with Crippen molar-refractivity contribution in [2.24, 2.45) is 0 Å². The fourth-order valence-electron chi connectivity index (χ4n) is 2.10. The third-order valence-electron chi connectivity index (χ3n) is 3.18. The molecule has 126 valence electrons. The first-order chi connectivity index (χ1) is 11.5. The molecule has 0 bridgehead atoms. The molecule has 1 unspecified atom stereocenters. The number of ether oxygens (including phenoxy) is 1. The van der Waals surface area contributed by atoms with Gasteiger partial charge in [0.1, 0.15) is 11.6 Å². The Morgan fingerprint density at radius 2 is 1.92 bits per heavy atom. The third kappa shape index (κ3) is 4.55. The minimum atomic E-state index is -1.43. The summed E-state index contributed by atoms with van der Waals surface area (Å²) in [6.07, 6.45) is 0. The van der Waals surface area contributed by atoms with Gasteiger partial charge < -0.3 is 15.2 Å². The SMILES string of the molecule is O=C(NC(C(=O)O)c1cc(F)ccc1OCCBr)c1ccccc1. The predicted octanol–water partition coefficient (Wildman–Crippen LogP) is 3.16. The zero-order valence-electron chi connectivity index (χ0n) is 12.5. The summed E-state index contributed by atoms with van der Waals surface area (Å²) in [5, 5.41) is 12.4. The highest BCUT2D eigenvalue weighted by molar-refractivity contribution is 9.09. The van der Waals surface area contributed by atoms with Gasteiger partial charge in [-0.2, -0.15) is 0 Å². The summed E-state index contributed by atoms with van der Waals surface area (Å²) in [4.78, 5) is 23.8. The van der Waals surface area contributed by atoms with Gasteiger partial charge in [0.25, 0.3) is 5.91 Å². The van der Waals surface area contributed by atoms with Gasteiger partial charge in [-0.3, -0.25) is 4.79 Å². The summed E-state index contributed by atoms with van der Waals surface area (Å²) >= 11 is 3.20. The number of benzene rings is 2. The van der Waals surface area contributed by atoms with Crippen LogP contribution >= 0.6 is 15.9 Å². The van der Waals surface area contributed by atoms with Gasteiger partial charge in [-0.25, -0.2) is 9.18 Å². The third-order valence-corrected chi connectivity index (χ3v) is 3.50. The van der Waals surface area contributed by atoms with Crippen LogP contribution in [0.2, 0.25) is 0 Å². The number of alkyl halides is 1. The highest BCUT2D eigenvalue weighted by atomic mass is 79.9. The average Bonchev–Trinajstić information content (AvgIpc) is 2.59. The van der Waals surface area contributed by atoms with E-state index in [0.717, 1.165) is 6.07 Å². The highest BCUT2D eigenvalue weighted by Crippen LogP contribution is 2.27. The molecule has 0 aromatic heterocycles. The van der Waals surface area contributed by atoms with Gasteiger partial charge in [0.2, 0.25) is 0 Å². The molecule has 0 aliphatic rings. The lowest BCUT2D eigenvalue weighted by molar-refractivity contribution is -0.139. The van der Waals surface area contributed by atoms with Crippen molar-refractivity contribution in [2.45, 2.75) is 6.04 Å². The minimum absolute atomic E-state index is 0.0488. The van der Waals surface area contributed by atoms with Crippen LogP contribution < -0.4 is 10.1 Å². The maximum Gasteiger partial charge on any atom is 0.331 e. The Morgan fingerprint density at radius 3 is 2.54 bits per heavy atom. The van der Waals surface area contributed by atoms with Gasteiger partial charge in [-0.1, -0.05) is 34.1 Å².